The lowest BCUT2D eigenvalue weighted by atomic mass is 9.90. The molecule has 1 saturated heterocycles. The number of aromatic nitrogens is 2. The van der Waals surface area contributed by atoms with Crippen LogP contribution in [0.25, 0.3) is 0 Å². The average molecular weight is 636 g/mol. The molecule has 1 aliphatic heterocycles. The fourth-order valence-corrected chi connectivity index (χ4v) is 6.52. The third-order valence-electron chi connectivity index (χ3n) is 9.66. The lowest BCUT2D eigenvalue weighted by molar-refractivity contribution is -0.135. The molecule has 2 aliphatic rings. The van der Waals surface area contributed by atoms with Crippen molar-refractivity contribution in [2.24, 2.45) is 5.92 Å². The Morgan fingerprint density at radius 3 is 2.24 bits per heavy atom. The van der Waals surface area contributed by atoms with Gasteiger partial charge in [0.15, 0.2) is 0 Å². The summed E-state index contributed by atoms with van der Waals surface area (Å²) < 4.78 is 1.64. The van der Waals surface area contributed by atoms with Gasteiger partial charge in [-0.25, -0.2) is 0 Å². The molecule has 0 radical (unpaired) electrons. The molecule has 11 nitrogen and oxygen atoms in total. The van der Waals surface area contributed by atoms with Crippen LogP contribution in [0.15, 0.2) is 36.5 Å². The molecule has 3 N–H and O–H groups in total. The Morgan fingerprint density at radius 2 is 1.61 bits per heavy atom. The number of benzene rings is 1. The Balaban J connectivity index is 1.42. The minimum Gasteiger partial charge on any atom is -0.350 e. The van der Waals surface area contributed by atoms with E-state index in [9.17, 15) is 19.2 Å². The molecular weight excluding hydrogens is 582 g/mol. The number of nitrogens with one attached hydrogen (secondary N) is 3. The zero-order chi connectivity index (χ0) is 33.1. The van der Waals surface area contributed by atoms with E-state index < -0.39 is 12.1 Å². The van der Waals surface area contributed by atoms with E-state index in [2.05, 4.69) is 33.0 Å². The molecule has 2 aromatic rings. The zero-order valence-corrected chi connectivity index (χ0v) is 28.1. The Kier molecular flexibility index (Phi) is 13.3. The fourth-order valence-electron chi connectivity index (χ4n) is 6.52. The Bertz CT molecular complexity index is 1290. The molecule has 2 fully saturated rings. The van der Waals surface area contributed by atoms with Crippen LogP contribution in [0.3, 0.4) is 0 Å². The van der Waals surface area contributed by atoms with E-state index in [-0.39, 0.29) is 41.9 Å². The Hall–Kier alpha value is -3.57. The van der Waals surface area contributed by atoms with Crippen LogP contribution in [0.5, 0.6) is 0 Å². The van der Waals surface area contributed by atoms with Crippen LogP contribution in [-0.4, -0.2) is 94.9 Å². The standard InChI is InChI=1S/C35H53N7O4/c1-5-29(43)24-36-31(35(46)41-21-19-40(4)20-22-41)25(3)27-15-13-26(14-16-27)23-37-34(45)32(28-11-9-7-8-10-12-28)39-33(44)30-17-18-38-42(30)6-2/h13-18,25,28,31-32,36H,5-12,19-24H2,1-4H3,(H,37,45)(H,39,44)/t25-,31+,32?/m0/s1. The summed E-state index contributed by atoms with van der Waals surface area (Å²) in [6.07, 6.45) is 8.25. The van der Waals surface area contributed by atoms with Gasteiger partial charge < -0.3 is 20.4 Å². The number of likely N-dealkylation sites (N-methyl/N-ethyl adjacent to an activating group) is 1. The molecular formula is C35H53N7O4. The number of piperazine rings is 1. The third kappa shape index (κ3) is 9.48. The number of ketones is 1. The highest BCUT2D eigenvalue weighted by Gasteiger charge is 2.33. The molecule has 2 heterocycles. The second-order valence-corrected chi connectivity index (χ2v) is 12.9. The van der Waals surface area contributed by atoms with Crippen molar-refractivity contribution in [2.45, 2.75) is 96.8 Å². The first-order chi connectivity index (χ1) is 22.2. The second kappa shape index (κ2) is 17.4. The van der Waals surface area contributed by atoms with E-state index in [4.69, 9.17) is 0 Å². The summed E-state index contributed by atoms with van der Waals surface area (Å²) in [7, 11) is 2.06. The van der Waals surface area contributed by atoms with Crippen LogP contribution in [0.4, 0.5) is 0 Å². The molecule has 1 saturated carbocycles. The number of hydrogen-bond acceptors (Lipinski definition) is 7. The SMILES string of the molecule is CCC(=O)CN[C@@H](C(=O)N1CCN(C)CC1)[C@@H](C)c1ccc(CNC(=O)C(NC(=O)c2ccnn2CC)C2CCCCCC2)cc1. The predicted octanol–water partition coefficient (Wildman–Crippen LogP) is 3.10. The normalized spacial score (nSPS) is 18.3. The van der Waals surface area contributed by atoms with Crippen molar-refractivity contribution in [3.05, 3.63) is 53.3 Å². The third-order valence-corrected chi connectivity index (χ3v) is 9.66. The van der Waals surface area contributed by atoms with Gasteiger partial charge in [-0.05, 0) is 49.9 Å². The first kappa shape index (κ1) is 35.3. The zero-order valence-electron chi connectivity index (χ0n) is 28.1. The quantitative estimate of drug-likeness (QED) is 0.272. The van der Waals surface area contributed by atoms with E-state index in [0.29, 0.717) is 38.3 Å². The number of Topliss-reactive ketones (excluding diaryl/α,β-unsaturated/α-hetero) is 1. The molecule has 46 heavy (non-hydrogen) atoms. The van der Waals surface area contributed by atoms with Crippen molar-refractivity contribution in [3.63, 3.8) is 0 Å². The maximum absolute atomic E-state index is 13.6. The minimum atomic E-state index is -0.622. The largest absolute Gasteiger partial charge is 0.350 e. The van der Waals surface area contributed by atoms with Crippen molar-refractivity contribution < 1.29 is 19.2 Å². The van der Waals surface area contributed by atoms with Crippen molar-refractivity contribution in [3.8, 4) is 0 Å². The van der Waals surface area contributed by atoms with Gasteiger partial charge in [-0.3, -0.25) is 29.2 Å². The highest BCUT2D eigenvalue weighted by Crippen LogP contribution is 2.27. The highest BCUT2D eigenvalue weighted by molar-refractivity contribution is 5.96. The van der Waals surface area contributed by atoms with Crippen LogP contribution >= 0.6 is 0 Å². The van der Waals surface area contributed by atoms with Gasteiger partial charge in [0.2, 0.25) is 11.8 Å². The summed E-state index contributed by atoms with van der Waals surface area (Å²) in [6.45, 7) is 9.84. The molecule has 1 aromatic carbocycles. The van der Waals surface area contributed by atoms with E-state index in [0.717, 1.165) is 62.7 Å². The van der Waals surface area contributed by atoms with Gasteiger partial charge in [0.1, 0.15) is 17.5 Å². The number of carbonyl (C=O) groups is 4. The number of aryl methyl sites for hydroxylation is 1. The molecule has 1 aliphatic carbocycles. The topological polar surface area (TPSA) is 129 Å². The number of amides is 3. The van der Waals surface area contributed by atoms with Crippen molar-refractivity contribution in [1.29, 1.82) is 0 Å². The van der Waals surface area contributed by atoms with E-state index in [1.54, 1.807) is 16.9 Å². The summed E-state index contributed by atoms with van der Waals surface area (Å²) in [5.41, 5.74) is 2.36. The Labute approximate surface area is 273 Å². The molecule has 3 amide bonds. The van der Waals surface area contributed by atoms with E-state index >= 15 is 0 Å². The number of nitrogens with zero attached hydrogens (tertiary/aromatic N) is 4. The first-order valence-corrected chi connectivity index (χ1v) is 17.1. The summed E-state index contributed by atoms with van der Waals surface area (Å²) in [5, 5.41) is 13.6. The van der Waals surface area contributed by atoms with Crippen molar-refractivity contribution >= 4 is 23.5 Å². The summed E-state index contributed by atoms with van der Waals surface area (Å²) in [6, 6.07) is 8.48. The minimum absolute atomic E-state index is 0.0226. The van der Waals surface area contributed by atoms with Crippen LogP contribution in [0, 0.1) is 5.92 Å². The number of hydrogen-bond donors (Lipinski definition) is 3. The van der Waals surface area contributed by atoms with Gasteiger partial charge in [-0.2, -0.15) is 5.10 Å². The maximum Gasteiger partial charge on any atom is 0.270 e. The average Bonchev–Trinajstić information content (AvgIpc) is 3.40. The first-order valence-electron chi connectivity index (χ1n) is 17.1. The molecule has 3 atom stereocenters. The molecule has 4 rings (SSSR count). The molecule has 0 spiro atoms. The van der Waals surface area contributed by atoms with E-state index in [1.165, 1.54) is 0 Å². The van der Waals surface area contributed by atoms with Gasteiger partial charge in [-0.15, -0.1) is 0 Å². The van der Waals surface area contributed by atoms with Gasteiger partial charge in [0.25, 0.3) is 5.91 Å². The van der Waals surface area contributed by atoms with Gasteiger partial charge in [-0.1, -0.05) is 63.8 Å². The number of carbonyl (C=O) groups excluding carboxylic acids is 4. The summed E-state index contributed by atoms with van der Waals surface area (Å²) >= 11 is 0. The lowest BCUT2D eigenvalue weighted by Crippen LogP contribution is -2.55. The van der Waals surface area contributed by atoms with Crippen LogP contribution in [0.2, 0.25) is 0 Å². The predicted molar refractivity (Wildman–Crippen MR) is 178 cm³/mol. The molecule has 11 heteroatoms. The van der Waals surface area contributed by atoms with Crippen LogP contribution in [-0.2, 0) is 27.5 Å². The van der Waals surface area contributed by atoms with Gasteiger partial charge in [0, 0.05) is 57.8 Å². The highest BCUT2D eigenvalue weighted by atomic mass is 16.2. The molecule has 0 bridgehead atoms. The van der Waals surface area contributed by atoms with Crippen LogP contribution in [0.1, 0.15) is 93.3 Å². The molecule has 1 unspecified atom stereocenters. The monoisotopic (exact) mass is 635 g/mol. The smallest absolute Gasteiger partial charge is 0.270 e. The molecule has 1 aromatic heterocycles. The van der Waals surface area contributed by atoms with Crippen molar-refractivity contribution in [1.82, 2.24) is 35.5 Å². The van der Waals surface area contributed by atoms with Gasteiger partial charge in [0.05, 0.1) is 12.6 Å². The summed E-state index contributed by atoms with van der Waals surface area (Å²) in [5.74, 6) is -0.445. The van der Waals surface area contributed by atoms with Gasteiger partial charge >= 0.3 is 0 Å². The van der Waals surface area contributed by atoms with E-state index in [1.807, 2.05) is 49.9 Å². The molecule has 252 valence electrons. The second-order valence-electron chi connectivity index (χ2n) is 12.9. The Morgan fingerprint density at radius 1 is 0.935 bits per heavy atom. The fraction of sp³-hybridized carbons (Fsp3) is 0.629. The van der Waals surface area contributed by atoms with Crippen molar-refractivity contribution in [2.75, 3.05) is 39.8 Å². The maximum atomic E-state index is 13.6. The summed E-state index contributed by atoms with van der Waals surface area (Å²) in [4.78, 5) is 56.7. The van der Waals surface area contributed by atoms with Crippen LogP contribution < -0.4 is 16.0 Å². The lowest BCUT2D eigenvalue weighted by Gasteiger charge is -2.36. The number of rotatable bonds is 14.